The number of hydrogen-bond acceptors (Lipinski definition) is 4. The summed E-state index contributed by atoms with van der Waals surface area (Å²) in [4.78, 5) is 2.41. The van der Waals surface area contributed by atoms with Gasteiger partial charge in [-0.2, -0.15) is 5.26 Å². The Bertz CT molecular complexity index is 774. The number of nitrogens with two attached hydrogens (primary N) is 1. The molecule has 4 nitrogen and oxygen atoms in total. The van der Waals surface area contributed by atoms with E-state index in [-0.39, 0.29) is 12.0 Å². The largest absolute Gasteiger partial charge is 0.497 e. The van der Waals surface area contributed by atoms with Crippen molar-refractivity contribution in [1.82, 2.24) is 0 Å². The average molecular weight is 305 g/mol. The smallest absolute Gasteiger partial charge is 0.120 e. The van der Waals surface area contributed by atoms with E-state index in [9.17, 15) is 5.26 Å². The van der Waals surface area contributed by atoms with Crippen molar-refractivity contribution in [2.75, 3.05) is 17.7 Å². The van der Waals surface area contributed by atoms with E-state index in [0.717, 1.165) is 28.3 Å². The molecule has 0 spiro atoms. The van der Waals surface area contributed by atoms with Crippen LogP contribution in [-0.2, 0) is 0 Å². The van der Waals surface area contributed by atoms with Gasteiger partial charge in [-0.15, -0.1) is 0 Å². The quantitative estimate of drug-likeness (QED) is 0.880. The van der Waals surface area contributed by atoms with Crippen LogP contribution in [0.3, 0.4) is 0 Å². The van der Waals surface area contributed by atoms with Gasteiger partial charge >= 0.3 is 0 Å². The fraction of sp³-hybridized carbons (Fsp3) is 0.316. The van der Waals surface area contributed by atoms with Crippen LogP contribution < -0.4 is 15.4 Å². The molecule has 2 aromatic carbocycles. The molecule has 2 atom stereocenters. The molecule has 116 valence electrons. The molecule has 0 saturated heterocycles. The molecule has 23 heavy (non-hydrogen) atoms. The maximum atomic E-state index is 9.81. The number of methoxy groups -OCH3 is 1. The van der Waals surface area contributed by atoms with Gasteiger partial charge in [0.25, 0.3) is 0 Å². The average Bonchev–Trinajstić information content (AvgIpc) is 3.36. The summed E-state index contributed by atoms with van der Waals surface area (Å²) in [6.07, 6.45) is 2.36. The molecule has 2 aromatic rings. The van der Waals surface area contributed by atoms with Crippen molar-refractivity contribution < 1.29 is 4.74 Å². The summed E-state index contributed by atoms with van der Waals surface area (Å²) in [6.45, 7) is 0. The fourth-order valence-corrected chi connectivity index (χ4v) is 3.58. The van der Waals surface area contributed by atoms with Crippen molar-refractivity contribution >= 4 is 11.4 Å². The molecule has 1 fully saturated rings. The normalized spacial score (nSPS) is 22.5. The van der Waals surface area contributed by atoms with Crippen molar-refractivity contribution in [3.8, 4) is 11.8 Å². The summed E-state index contributed by atoms with van der Waals surface area (Å²) >= 11 is 0. The maximum absolute atomic E-state index is 9.81. The predicted molar refractivity (Wildman–Crippen MR) is 90.4 cm³/mol. The van der Waals surface area contributed by atoms with Crippen LogP contribution in [0.4, 0.5) is 11.4 Å². The van der Waals surface area contributed by atoms with E-state index in [1.807, 2.05) is 36.4 Å². The number of anilines is 2. The Morgan fingerprint density at radius 1 is 1.17 bits per heavy atom. The zero-order valence-electron chi connectivity index (χ0n) is 13.1. The van der Waals surface area contributed by atoms with E-state index in [4.69, 9.17) is 10.5 Å². The number of hydrogen-bond donors (Lipinski definition) is 1. The van der Waals surface area contributed by atoms with Gasteiger partial charge in [0.1, 0.15) is 5.75 Å². The van der Waals surface area contributed by atoms with Crippen molar-refractivity contribution in [3.63, 3.8) is 0 Å². The number of ether oxygens (including phenoxy) is 1. The third-order valence-corrected chi connectivity index (χ3v) is 4.82. The minimum atomic E-state index is -0.167. The van der Waals surface area contributed by atoms with Gasteiger partial charge in [-0.25, -0.2) is 0 Å². The van der Waals surface area contributed by atoms with Gasteiger partial charge in [-0.05, 0) is 42.2 Å². The molecule has 0 aromatic heterocycles. The van der Waals surface area contributed by atoms with Crippen LogP contribution in [-0.4, -0.2) is 13.2 Å². The zero-order chi connectivity index (χ0) is 16.0. The third kappa shape index (κ3) is 2.20. The SMILES string of the molecule is COc1ccc2c(c1)N(C1CC1)C(c1ccc(N)cc1)C2C#N. The van der Waals surface area contributed by atoms with Crippen LogP contribution >= 0.6 is 0 Å². The summed E-state index contributed by atoms with van der Waals surface area (Å²) in [5.41, 5.74) is 9.96. The van der Waals surface area contributed by atoms with Crippen LogP contribution in [0.25, 0.3) is 0 Å². The van der Waals surface area contributed by atoms with Gasteiger partial charge in [0.05, 0.1) is 25.1 Å². The molecule has 1 aliphatic heterocycles. The van der Waals surface area contributed by atoms with E-state index < -0.39 is 0 Å². The molecule has 4 rings (SSSR count). The number of fused-ring (bicyclic) bond motifs is 1. The number of nitrogens with zero attached hydrogens (tertiary/aromatic N) is 2. The fourth-order valence-electron chi connectivity index (χ4n) is 3.58. The topological polar surface area (TPSA) is 62.3 Å². The zero-order valence-corrected chi connectivity index (χ0v) is 13.1. The number of nitrogen functional groups attached to an aromatic ring is 1. The lowest BCUT2D eigenvalue weighted by Crippen LogP contribution is -2.28. The molecule has 0 bridgehead atoms. The first-order valence-electron chi connectivity index (χ1n) is 7.94. The van der Waals surface area contributed by atoms with Crippen molar-refractivity contribution in [1.29, 1.82) is 5.26 Å². The van der Waals surface area contributed by atoms with E-state index in [1.165, 1.54) is 12.8 Å². The van der Waals surface area contributed by atoms with Crippen LogP contribution in [0.5, 0.6) is 5.75 Å². The van der Waals surface area contributed by atoms with Gasteiger partial charge in [0.15, 0.2) is 0 Å². The Morgan fingerprint density at radius 2 is 1.91 bits per heavy atom. The number of rotatable bonds is 3. The molecule has 0 radical (unpaired) electrons. The highest BCUT2D eigenvalue weighted by molar-refractivity contribution is 5.68. The van der Waals surface area contributed by atoms with E-state index >= 15 is 0 Å². The van der Waals surface area contributed by atoms with Crippen LogP contribution in [0.15, 0.2) is 42.5 Å². The summed E-state index contributed by atoms with van der Waals surface area (Å²) in [7, 11) is 1.68. The number of benzene rings is 2. The van der Waals surface area contributed by atoms with E-state index in [1.54, 1.807) is 7.11 Å². The summed E-state index contributed by atoms with van der Waals surface area (Å²) in [5, 5.41) is 9.81. The summed E-state index contributed by atoms with van der Waals surface area (Å²) in [6, 6.07) is 17.1. The van der Waals surface area contributed by atoms with E-state index in [2.05, 4.69) is 17.0 Å². The molecule has 2 N–H and O–H groups in total. The molecule has 2 unspecified atom stereocenters. The first-order chi connectivity index (χ1) is 11.2. The van der Waals surface area contributed by atoms with Gasteiger partial charge in [-0.3, -0.25) is 0 Å². The second-order valence-electron chi connectivity index (χ2n) is 6.28. The second-order valence-corrected chi connectivity index (χ2v) is 6.28. The Labute approximate surface area is 136 Å². The highest BCUT2D eigenvalue weighted by Gasteiger charge is 2.46. The standard InChI is InChI=1S/C19H19N3O/c1-23-15-8-9-16-17(11-20)19(12-2-4-13(21)5-3-12)22(14-6-7-14)18(16)10-15/h2-5,8-10,14,17,19H,6-7,21H2,1H3. The lowest BCUT2D eigenvalue weighted by Gasteiger charge is -2.29. The minimum Gasteiger partial charge on any atom is -0.497 e. The van der Waals surface area contributed by atoms with Crippen LogP contribution in [0.2, 0.25) is 0 Å². The molecule has 2 aliphatic rings. The van der Waals surface area contributed by atoms with Crippen molar-refractivity contribution in [2.45, 2.75) is 30.8 Å². The second kappa shape index (κ2) is 5.20. The van der Waals surface area contributed by atoms with Gasteiger partial charge < -0.3 is 15.4 Å². The summed E-state index contributed by atoms with van der Waals surface area (Å²) in [5.74, 6) is 0.671. The Morgan fingerprint density at radius 3 is 2.52 bits per heavy atom. The monoisotopic (exact) mass is 305 g/mol. The van der Waals surface area contributed by atoms with Crippen LogP contribution in [0, 0.1) is 11.3 Å². The molecule has 0 amide bonds. The van der Waals surface area contributed by atoms with Crippen molar-refractivity contribution in [3.05, 3.63) is 53.6 Å². The van der Waals surface area contributed by atoms with Crippen LogP contribution in [0.1, 0.15) is 35.9 Å². The third-order valence-electron chi connectivity index (χ3n) is 4.82. The maximum Gasteiger partial charge on any atom is 0.120 e. The van der Waals surface area contributed by atoms with Gasteiger partial charge in [-0.1, -0.05) is 18.2 Å². The molecule has 4 heteroatoms. The number of nitriles is 1. The molecule has 1 heterocycles. The highest BCUT2D eigenvalue weighted by Crippen LogP contribution is 2.53. The predicted octanol–water partition coefficient (Wildman–Crippen LogP) is 3.61. The first kappa shape index (κ1) is 14.0. The Balaban J connectivity index is 1.85. The van der Waals surface area contributed by atoms with Crippen molar-refractivity contribution in [2.24, 2.45) is 0 Å². The molecule has 1 saturated carbocycles. The minimum absolute atomic E-state index is 0.0511. The molecule has 1 aliphatic carbocycles. The highest BCUT2D eigenvalue weighted by atomic mass is 16.5. The molecular weight excluding hydrogens is 286 g/mol. The lowest BCUT2D eigenvalue weighted by atomic mass is 9.91. The molecular formula is C19H19N3O. The lowest BCUT2D eigenvalue weighted by molar-refractivity contribution is 0.415. The van der Waals surface area contributed by atoms with E-state index in [0.29, 0.717) is 6.04 Å². The van der Waals surface area contributed by atoms with Gasteiger partial charge in [0, 0.05) is 23.5 Å². The summed E-state index contributed by atoms with van der Waals surface area (Å²) < 4.78 is 5.39. The Kier molecular flexibility index (Phi) is 3.16. The van der Waals surface area contributed by atoms with Gasteiger partial charge in [0.2, 0.25) is 0 Å². The Hall–Kier alpha value is -2.67. The first-order valence-corrected chi connectivity index (χ1v) is 7.94.